The summed E-state index contributed by atoms with van der Waals surface area (Å²) in [5.74, 6) is -0.606. The summed E-state index contributed by atoms with van der Waals surface area (Å²) in [5, 5.41) is -1.10. The number of sulfone groups is 1. The molecule has 26 heavy (non-hydrogen) atoms. The second kappa shape index (κ2) is 9.29. The van der Waals surface area contributed by atoms with Crippen molar-refractivity contribution < 1.29 is 13.2 Å². The first kappa shape index (κ1) is 19.8. The molecule has 1 heterocycles. The van der Waals surface area contributed by atoms with E-state index < -0.39 is 21.0 Å². The molecule has 1 amide bonds. The van der Waals surface area contributed by atoms with Gasteiger partial charge in [0.1, 0.15) is 5.25 Å². The third kappa shape index (κ3) is 5.52. The van der Waals surface area contributed by atoms with E-state index in [1.165, 1.54) is 13.0 Å². The number of amides is 1. The number of benzene rings is 1. The lowest BCUT2D eigenvalue weighted by Gasteiger charge is -2.26. The molecule has 1 aromatic carbocycles. The van der Waals surface area contributed by atoms with Crippen LogP contribution < -0.4 is 0 Å². The molecule has 1 aromatic heterocycles. The molecular weight excluding hydrogens is 348 g/mol. The van der Waals surface area contributed by atoms with Crippen molar-refractivity contribution in [1.82, 2.24) is 9.88 Å². The predicted molar refractivity (Wildman–Crippen MR) is 103 cm³/mol. The van der Waals surface area contributed by atoms with Crippen molar-refractivity contribution in [2.75, 3.05) is 12.3 Å². The van der Waals surface area contributed by atoms with Crippen LogP contribution >= 0.6 is 0 Å². The minimum absolute atomic E-state index is 0.209. The number of rotatable bonds is 9. The summed E-state index contributed by atoms with van der Waals surface area (Å²) in [5.41, 5.74) is 1.81. The van der Waals surface area contributed by atoms with E-state index in [9.17, 15) is 13.2 Å². The van der Waals surface area contributed by atoms with Crippen molar-refractivity contribution in [2.24, 2.45) is 0 Å². The number of pyridine rings is 1. The van der Waals surface area contributed by atoms with E-state index in [1.807, 2.05) is 48.5 Å². The Hall–Kier alpha value is -2.47. The maximum Gasteiger partial charge on any atom is 0.240 e. The monoisotopic (exact) mass is 372 g/mol. The number of hydrogen-bond acceptors (Lipinski definition) is 4. The van der Waals surface area contributed by atoms with Crippen LogP contribution in [0.25, 0.3) is 0 Å². The Bertz CT molecular complexity index is 821. The average Bonchev–Trinajstić information content (AvgIpc) is 2.65. The highest BCUT2D eigenvalue weighted by molar-refractivity contribution is 7.92. The van der Waals surface area contributed by atoms with Crippen LogP contribution in [0.15, 0.2) is 67.4 Å². The minimum Gasteiger partial charge on any atom is -0.337 e. The first-order valence-electron chi connectivity index (χ1n) is 8.49. The number of hydrogen-bond donors (Lipinski definition) is 0. The van der Waals surface area contributed by atoms with E-state index in [0.29, 0.717) is 19.5 Å². The first-order valence-corrected chi connectivity index (χ1v) is 10.2. The van der Waals surface area contributed by atoms with Crippen molar-refractivity contribution in [2.45, 2.75) is 25.1 Å². The summed E-state index contributed by atoms with van der Waals surface area (Å²) in [4.78, 5) is 18.7. The molecule has 0 N–H and O–H groups in total. The van der Waals surface area contributed by atoms with Gasteiger partial charge in [-0.2, -0.15) is 0 Å². The molecule has 6 heteroatoms. The van der Waals surface area contributed by atoms with Crippen molar-refractivity contribution >= 4 is 15.7 Å². The molecule has 1 unspecified atom stereocenters. The molecule has 0 aliphatic rings. The summed E-state index contributed by atoms with van der Waals surface area (Å²) in [6.45, 7) is 5.67. The summed E-state index contributed by atoms with van der Waals surface area (Å²) in [7, 11) is -3.55. The standard InChI is InChI=1S/C20H24N2O3S/c1-3-15-26(24,25)17(2)20(23)22(16-18-9-5-4-6-10-18)14-12-19-11-7-8-13-21-19/h3-11,13,17H,1,12,14-16H2,2H3. The molecule has 0 bridgehead atoms. The molecule has 0 saturated heterocycles. The lowest BCUT2D eigenvalue weighted by atomic mass is 10.2. The molecule has 2 rings (SSSR count). The third-order valence-electron chi connectivity index (χ3n) is 4.13. The van der Waals surface area contributed by atoms with Gasteiger partial charge in [-0.15, -0.1) is 6.58 Å². The maximum absolute atomic E-state index is 12.9. The first-order chi connectivity index (χ1) is 12.4. The van der Waals surface area contributed by atoms with Crippen molar-refractivity contribution in [1.29, 1.82) is 0 Å². The van der Waals surface area contributed by atoms with E-state index in [2.05, 4.69) is 11.6 Å². The molecule has 2 aromatic rings. The Morgan fingerprint density at radius 1 is 1.19 bits per heavy atom. The molecule has 0 aliphatic heterocycles. The lowest BCUT2D eigenvalue weighted by molar-refractivity contribution is -0.131. The van der Waals surface area contributed by atoms with Gasteiger partial charge in [-0.25, -0.2) is 8.42 Å². The van der Waals surface area contributed by atoms with Gasteiger partial charge in [0, 0.05) is 31.4 Å². The van der Waals surface area contributed by atoms with Gasteiger partial charge in [-0.1, -0.05) is 42.5 Å². The molecular formula is C20H24N2O3S. The normalized spacial score (nSPS) is 12.3. The Kier molecular flexibility index (Phi) is 7.09. The molecule has 0 spiro atoms. The van der Waals surface area contributed by atoms with Crippen LogP contribution in [0.3, 0.4) is 0 Å². The summed E-state index contributed by atoms with van der Waals surface area (Å²) >= 11 is 0. The highest BCUT2D eigenvalue weighted by Gasteiger charge is 2.30. The molecule has 0 fully saturated rings. The van der Waals surface area contributed by atoms with Crippen LogP contribution in [0.5, 0.6) is 0 Å². The number of carbonyl (C=O) groups is 1. The van der Waals surface area contributed by atoms with E-state index in [-0.39, 0.29) is 5.75 Å². The van der Waals surface area contributed by atoms with Crippen LogP contribution in [-0.2, 0) is 27.6 Å². The molecule has 5 nitrogen and oxygen atoms in total. The van der Waals surface area contributed by atoms with Crippen LogP contribution in [-0.4, -0.2) is 41.8 Å². The van der Waals surface area contributed by atoms with E-state index in [0.717, 1.165) is 11.3 Å². The second-order valence-electron chi connectivity index (χ2n) is 6.08. The van der Waals surface area contributed by atoms with Crippen molar-refractivity contribution in [3.8, 4) is 0 Å². The van der Waals surface area contributed by atoms with Gasteiger partial charge in [0.25, 0.3) is 0 Å². The number of aromatic nitrogens is 1. The van der Waals surface area contributed by atoms with Gasteiger partial charge < -0.3 is 4.90 Å². The SMILES string of the molecule is C=CCS(=O)(=O)C(C)C(=O)N(CCc1ccccn1)Cc1ccccc1. The van der Waals surface area contributed by atoms with E-state index >= 15 is 0 Å². The third-order valence-corrected chi connectivity index (χ3v) is 6.11. The molecule has 1 atom stereocenters. The Morgan fingerprint density at radius 3 is 2.50 bits per heavy atom. The topological polar surface area (TPSA) is 67.3 Å². The maximum atomic E-state index is 12.9. The Balaban J connectivity index is 2.18. The van der Waals surface area contributed by atoms with Gasteiger partial charge in [-0.05, 0) is 24.6 Å². The zero-order valence-electron chi connectivity index (χ0n) is 14.9. The highest BCUT2D eigenvalue weighted by Crippen LogP contribution is 2.12. The average molecular weight is 372 g/mol. The smallest absolute Gasteiger partial charge is 0.240 e. The number of nitrogens with zero attached hydrogens (tertiary/aromatic N) is 2. The zero-order chi connectivity index (χ0) is 19.0. The highest BCUT2D eigenvalue weighted by atomic mass is 32.2. The Morgan fingerprint density at radius 2 is 1.88 bits per heavy atom. The zero-order valence-corrected chi connectivity index (χ0v) is 15.7. The van der Waals surface area contributed by atoms with Gasteiger partial charge in [0.2, 0.25) is 5.91 Å². The Labute approximate surface area is 155 Å². The van der Waals surface area contributed by atoms with Crippen LogP contribution in [0.2, 0.25) is 0 Å². The summed E-state index contributed by atoms with van der Waals surface area (Å²) in [6, 6.07) is 15.2. The quantitative estimate of drug-likeness (QED) is 0.635. The van der Waals surface area contributed by atoms with Gasteiger partial charge in [-0.3, -0.25) is 9.78 Å². The summed E-state index contributed by atoms with van der Waals surface area (Å²) < 4.78 is 24.5. The van der Waals surface area contributed by atoms with E-state index in [1.54, 1.807) is 11.1 Å². The largest absolute Gasteiger partial charge is 0.337 e. The van der Waals surface area contributed by atoms with E-state index in [4.69, 9.17) is 0 Å². The molecule has 138 valence electrons. The number of carbonyl (C=O) groups excluding carboxylic acids is 1. The van der Waals surface area contributed by atoms with Crippen LogP contribution in [0.1, 0.15) is 18.2 Å². The lowest BCUT2D eigenvalue weighted by Crippen LogP contribution is -2.42. The van der Waals surface area contributed by atoms with Crippen LogP contribution in [0.4, 0.5) is 0 Å². The minimum atomic E-state index is -3.55. The van der Waals surface area contributed by atoms with Gasteiger partial charge in [0.05, 0.1) is 5.75 Å². The van der Waals surface area contributed by atoms with Gasteiger partial charge in [0.15, 0.2) is 9.84 Å². The molecule has 0 radical (unpaired) electrons. The van der Waals surface area contributed by atoms with Crippen molar-refractivity contribution in [3.63, 3.8) is 0 Å². The predicted octanol–water partition coefficient (Wildman–Crippen LogP) is 2.64. The summed E-state index contributed by atoms with van der Waals surface area (Å²) in [6.07, 6.45) is 3.58. The van der Waals surface area contributed by atoms with Crippen molar-refractivity contribution in [3.05, 3.63) is 78.6 Å². The fraction of sp³-hybridized carbons (Fsp3) is 0.300. The molecule has 0 saturated carbocycles. The molecule has 0 aliphatic carbocycles. The fourth-order valence-corrected chi connectivity index (χ4v) is 3.66. The second-order valence-corrected chi connectivity index (χ2v) is 8.44. The van der Waals surface area contributed by atoms with Crippen LogP contribution in [0, 0.1) is 0 Å². The fourth-order valence-electron chi connectivity index (χ4n) is 2.59. The van der Waals surface area contributed by atoms with Gasteiger partial charge >= 0.3 is 0 Å².